The zero-order valence-electron chi connectivity index (χ0n) is 15.5. The van der Waals surface area contributed by atoms with Gasteiger partial charge >= 0.3 is 0 Å². The first-order valence-corrected chi connectivity index (χ1v) is 12.0. The summed E-state index contributed by atoms with van der Waals surface area (Å²) in [6.45, 7) is 0. The van der Waals surface area contributed by atoms with Crippen molar-refractivity contribution in [3.8, 4) is 0 Å². The summed E-state index contributed by atoms with van der Waals surface area (Å²) in [4.78, 5) is 16.8. The molecule has 1 atom stereocenters. The largest absolute Gasteiger partial charge is 0.440 e. The lowest BCUT2D eigenvalue weighted by atomic mass is 9.50. The number of amides is 1. The monoisotopic (exact) mass is 422 g/mol. The van der Waals surface area contributed by atoms with Gasteiger partial charge in [0.25, 0.3) is 0 Å². The number of nitrogens with one attached hydrogen (secondary N) is 1. The van der Waals surface area contributed by atoms with Gasteiger partial charge in [-0.3, -0.25) is 4.79 Å². The zero-order chi connectivity index (χ0) is 19.5. The number of aromatic nitrogens is 1. The molecule has 150 valence electrons. The summed E-state index contributed by atoms with van der Waals surface area (Å²) in [5.74, 6) is 1.20. The Bertz CT molecular complexity index is 1030. The van der Waals surface area contributed by atoms with Gasteiger partial charge in [-0.05, 0) is 62.1 Å². The molecule has 1 spiro atoms. The average molecular weight is 423 g/mol. The fourth-order valence-corrected chi connectivity index (χ4v) is 7.25. The number of nitrogens with zero attached hydrogens (tertiary/aromatic N) is 1. The van der Waals surface area contributed by atoms with Gasteiger partial charge in [0.15, 0.2) is 21.3 Å². The number of halogens is 1. The summed E-state index contributed by atoms with van der Waals surface area (Å²) >= 11 is 6.01. The van der Waals surface area contributed by atoms with Crippen molar-refractivity contribution in [3.63, 3.8) is 0 Å². The van der Waals surface area contributed by atoms with Crippen LogP contribution in [0.25, 0.3) is 11.1 Å². The first-order valence-electron chi connectivity index (χ1n) is 9.89. The van der Waals surface area contributed by atoms with Crippen LogP contribution in [0.2, 0.25) is 5.02 Å². The molecule has 1 aliphatic heterocycles. The molecule has 0 radical (unpaired) electrons. The van der Waals surface area contributed by atoms with Crippen molar-refractivity contribution >= 4 is 38.4 Å². The lowest BCUT2D eigenvalue weighted by Gasteiger charge is -2.57. The second kappa shape index (κ2) is 6.46. The van der Waals surface area contributed by atoms with Gasteiger partial charge in [-0.2, -0.15) is 0 Å². The molecule has 3 aliphatic rings. The van der Waals surface area contributed by atoms with Crippen LogP contribution in [-0.2, 0) is 14.6 Å². The van der Waals surface area contributed by atoms with Crippen molar-refractivity contribution in [1.29, 1.82) is 0 Å². The number of sulfone groups is 1. The van der Waals surface area contributed by atoms with Gasteiger partial charge in [0, 0.05) is 23.4 Å². The molecule has 2 heterocycles. The molecule has 1 N–H and O–H groups in total. The number of carbonyl (C=O) groups is 1. The van der Waals surface area contributed by atoms with Crippen molar-refractivity contribution in [3.05, 3.63) is 29.1 Å². The molecule has 1 aromatic carbocycles. The number of fused-ring (bicyclic) bond motifs is 1. The third-order valence-electron chi connectivity index (χ3n) is 6.67. The Hall–Kier alpha value is -1.60. The quantitative estimate of drug-likeness (QED) is 0.813. The molecule has 0 bridgehead atoms. The molecule has 2 aliphatic carbocycles. The Morgan fingerprint density at radius 1 is 1.29 bits per heavy atom. The highest BCUT2D eigenvalue weighted by Gasteiger charge is 2.54. The van der Waals surface area contributed by atoms with Gasteiger partial charge in [0.2, 0.25) is 5.91 Å². The van der Waals surface area contributed by atoms with E-state index in [2.05, 4.69) is 10.3 Å². The normalized spacial score (nSPS) is 33.5. The molecule has 1 aromatic heterocycles. The van der Waals surface area contributed by atoms with Gasteiger partial charge in [-0.1, -0.05) is 11.6 Å². The maximum Gasteiger partial charge on any atom is 0.221 e. The van der Waals surface area contributed by atoms with Crippen LogP contribution in [0.4, 0.5) is 0 Å². The number of oxazole rings is 1. The van der Waals surface area contributed by atoms with E-state index in [1.54, 1.807) is 6.07 Å². The zero-order valence-corrected chi connectivity index (χ0v) is 17.1. The minimum atomic E-state index is -3.06. The fourth-order valence-electron chi connectivity index (χ4n) is 5.26. The maximum atomic E-state index is 12.2. The first kappa shape index (κ1) is 18.4. The molecular formula is C20H23ClN2O4S. The van der Waals surface area contributed by atoms with Gasteiger partial charge in [0.1, 0.15) is 5.52 Å². The molecule has 28 heavy (non-hydrogen) atoms. The van der Waals surface area contributed by atoms with E-state index in [0.717, 1.165) is 42.7 Å². The van der Waals surface area contributed by atoms with Crippen LogP contribution in [0, 0.1) is 5.41 Å². The third kappa shape index (κ3) is 3.22. The highest BCUT2D eigenvalue weighted by Crippen LogP contribution is 2.61. The van der Waals surface area contributed by atoms with E-state index in [9.17, 15) is 13.2 Å². The smallest absolute Gasteiger partial charge is 0.221 e. The summed E-state index contributed by atoms with van der Waals surface area (Å²) in [6, 6.07) is 5.64. The van der Waals surface area contributed by atoms with Crippen LogP contribution >= 0.6 is 11.6 Å². The van der Waals surface area contributed by atoms with E-state index in [4.69, 9.17) is 16.0 Å². The summed E-state index contributed by atoms with van der Waals surface area (Å²) in [6.07, 6.45) is 5.36. The van der Waals surface area contributed by atoms with Crippen LogP contribution in [-0.4, -0.2) is 36.4 Å². The van der Waals surface area contributed by atoms with Crippen LogP contribution < -0.4 is 5.32 Å². The maximum absolute atomic E-state index is 12.2. The van der Waals surface area contributed by atoms with Crippen LogP contribution in [0.15, 0.2) is 22.6 Å². The van der Waals surface area contributed by atoms with Crippen molar-refractivity contribution in [2.24, 2.45) is 5.41 Å². The minimum absolute atomic E-state index is 0.111. The Kier molecular flexibility index (Phi) is 4.25. The third-order valence-corrected chi connectivity index (χ3v) is 9.18. The van der Waals surface area contributed by atoms with Gasteiger partial charge in [0.05, 0.1) is 11.0 Å². The lowest BCUT2D eigenvalue weighted by Crippen LogP contribution is -2.56. The molecule has 2 aromatic rings. The van der Waals surface area contributed by atoms with Gasteiger partial charge in [-0.15, -0.1) is 0 Å². The second-order valence-corrected chi connectivity index (χ2v) is 11.6. The molecule has 1 amide bonds. The van der Waals surface area contributed by atoms with Crippen molar-refractivity contribution in [2.45, 2.75) is 62.2 Å². The van der Waals surface area contributed by atoms with Crippen LogP contribution in [0.1, 0.15) is 56.8 Å². The standard InChI is InChI=1S/C20H23ClN2O4S/c21-13-3-4-17-16(6-13)23-19(27-17)12-8-20(9-12)10-14(11-20)22-18(24)7-15-2-1-5-28(15,25)26/h3-4,6,12,14-15H,1-2,5,7-11H2,(H,22,24). The molecule has 6 nitrogen and oxygen atoms in total. The summed E-state index contributed by atoms with van der Waals surface area (Å²) < 4.78 is 29.6. The Morgan fingerprint density at radius 3 is 2.79 bits per heavy atom. The Morgan fingerprint density at radius 2 is 2.07 bits per heavy atom. The predicted octanol–water partition coefficient (Wildman–Crippen LogP) is 3.59. The molecule has 2 saturated carbocycles. The van der Waals surface area contributed by atoms with E-state index in [-0.39, 0.29) is 29.5 Å². The summed E-state index contributed by atoms with van der Waals surface area (Å²) in [7, 11) is -3.06. The number of hydrogen-bond donors (Lipinski definition) is 1. The number of carbonyl (C=O) groups excluding carboxylic acids is 1. The molecule has 8 heteroatoms. The molecule has 3 fully saturated rings. The SMILES string of the molecule is O=C(CC1CCCS1(=O)=O)NC1CC2(C1)CC(c1nc3cc(Cl)ccc3o1)C2. The topological polar surface area (TPSA) is 89.3 Å². The highest BCUT2D eigenvalue weighted by atomic mass is 35.5. The van der Waals surface area contributed by atoms with E-state index in [1.165, 1.54) is 0 Å². The molecular weight excluding hydrogens is 400 g/mol. The summed E-state index contributed by atoms with van der Waals surface area (Å²) in [5, 5.41) is 3.20. The molecule has 5 rings (SSSR count). The summed E-state index contributed by atoms with van der Waals surface area (Å²) in [5.41, 5.74) is 1.84. The number of benzene rings is 1. The Labute approximate surface area is 168 Å². The van der Waals surface area contributed by atoms with E-state index in [0.29, 0.717) is 23.8 Å². The molecule has 1 saturated heterocycles. The fraction of sp³-hybridized carbons (Fsp3) is 0.600. The first-order chi connectivity index (χ1) is 13.3. The highest BCUT2D eigenvalue weighted by molar-refractivity contribution is 7.92. The van der Waals surface area contributed by atoms with Gasteiger partial charge < -0.3 is 9.73 Å². The second-order valence-electron chi connectivity index (χ2n) is 8.78. The van der Waals surface area contributed by atoms with E-state index in [1.807, 2.05) is 12.1 Å². The number of hydrogen-bond acceptors (Lipinski definition) is 5. The van der Waals surface area contributed by atoms with Crippen molar-refractivity contribution < 1.29 is 17.6 Å². The average Bonchev–Trinajstić information content (AvgIpc) is 3.11. The van der Waals surface area contributed by atoms with E-state index < -0.39 is 15.1 Å². The van der Waals surface area contributed by atoms with Crippen molar-refractivity contribution in [2.75, 3.05) is 5.75 Å². The van der Waals surface area contributed by atoms with Crippen LogP contribution in [0.5, 0.6) is 0 Å². The van der Waals surface area contributed by atoms with Crippen LogP contribution in [0.3, 0.4) is 0 Å². The molecule has 1 unspecified atom stereocenters. The number of rotatable bonds is 4. The lowest BCUT2D eigenvalue weighted by molar-refractivity contribution is -0.125. The van der Waals surface area contributed by atoms with E-state index >= 15 is 0 Å². The van der Waals surface area contributed by atoms with Crippen molar-refractivity contribution in [1.82, 2.24) is 10.3 Å². The minimum Gasteiger partial charge on any atom is -0.440 e. The Balaban J connectivity index is 1.12. The predicted molar refractivity (Wildman–Crippen MR) is 106 cm³/mol. The van der Waals surface area contributed by atoms with Gasteiger partial charge in [-0.25, -0.2) is 13.4 Å².